The zero-order valence-corrected chi connectivity index (χ0v) is 16.9. The van der Waals surface area contributed by atoms with E-state index < -0.39 is 5.60 Å². The lowest BCUT2D eigenvalue weighted by Gasteiger charge is -2.27. The molecule has 1 amide bonds. The Kier molecular flexibility index (Phi) is 5.37. The average Bonchev–Trinajstić information content (AvgIpc) is 3.20. The topological polar surface area (TPSA) is 58.2 Å². The van der Waals surface area contributed by atoms with Crippen molar-refractivity contribution in [1.29, 1.82) is 0 Å². The molecule has 1 aliphatic heterocycles. The summed E-state index contributed by atoms with van der Waals surface area (Å²) in [4.78, 5) is 22.5. The number of rotatable bonds is 3. The van der Waals surface area contributed by atoms with Gasteiger partial charge in [0, 0.05) is 23.6 Å². The van der Waals surface area contributed by atoms with Crippen molar-refractivity contribution in [3.63, 3.8) is 0 Å². The van der Waals surface area contributed by atoms with Crippen LogP contribution in [0.5, 0.6) is 0 Å². The lowest BCUT2D eigenvalue weighted by Crippen LogP contribution is -2.37. The quantitative estimate of drug-likeness (QED) is 0.843. The van der Waals surface area contributed by atoms with E-state index >= 15 is 0 Å². The van der Waals surface area contributed by atoms with E-state index in [0.29, 0.717) is 11.8 Å². The number of carbonyl (C=O) groups is 1. The van der Waals surface area contributed by atoms with Crippen LogP contribution >= 0.6 is 11.8 Å². The van der Waals surface area contributed by atoms with E-state index in [1.54, 1.807) is 11.8 Å². The number of hydrogen-bond donors (Lipinski definition) is 1. The number of nitrogens with zero attached hydrogens (tertiary/aromatic N) is 2. The Bertz CT molecular complexity index is 770. The largest absolute Gasteiger partial charge is 0.444 e. The fourth-order valence-corrected chi connectivity index (χ4v) is 3.81. The van der Waals surface area contributed by atoms with Gasteiger partial charge in [0.1, 0.15) is 19.3 Å². The highest BCUT2D eigenvalue weighted by Crippen LogP contribution is 2.37. The first kappa shape index (κ1) is 18.9. The molecule has 0 radical (unpaired) electrons. The van der Waals surface area contributed by atoms with Crippen LogP contribution in [0.1, 0.15) is 39.1 Å². The van der Waals surface area contributed by atoms with Gasteiger partial charge in [-0.05, 0) is 33.4 Å². The molecule has 138 valence electrons. The second kappa shape index (κ2) is 7.39. The van der Waals surface area contributed by atoms with Crippen molar-refractivity contribution in [3.05, 3.63) is 36.3 Å². The summed E-state index contributed by atoms with van der Waals surface area (Å²) in [5.41, 5.74) is 2.69. The third-order valence-electron chi connectivity index (χ3n) is 4.48. The highest BCUT2D eigenvalue weighted by Gasteiger charge is 2.39. The number of benzene rings is 1. The molecule has 0 saturated carbocycles. The van der Waals surface area contributed by atoms with Crippen LogP contribution < -0.4 is 5.46 Å². The monoisotopic (exact) mass is 371 g/mol. The average molecular weight is 371 g/mol. The molecule has 3 rings (SSSR count). The van der Waals surface area contributed by atoms with E-state index in [9.17, 15) is 4.79 Å². The van der Waals surface area contributed by atoms with E-state index in [0.717, 1.165) is 23.5 Å². The molecular weight excluding hydrogens is 345 g/mol. The van der Waals surface area contributed by atoms with Crippen LogP contribution in [0.15, 0.2) is 30.5 Å². The molecule has 2 heterocycles. The molecule has 2 atom stereocenters. The van der Waals surface area contributed by atoms with Crippen molar-refractivity contribution in [2.24, 2.45) is 0 Å². The molecule has 7 heteroatoms. The smallest absolute Gasteiger partial charge is 0.410 e. The zero-order chi connectivity index (χ0) is 18.9. The normalized spacial score (nSPS) is 20.4. The summed E-state index contributed by atoms with van der Waals surface area (Å²) in [5.74, 6) is 0.822. The first-order valence-corrected chi connectivity index (χ1v) is 10.2. The Labute approximate surface area is 160 Å². The van der Waals surface area contributed by atoms with Crippen molar-refractivity contribution in [2.45, 2.75) is 44.1 Å². The maximum absolute atomic E-state index is 12.7. The second-order valence-electron chi connectivity index (χ2n) is 7.78. The maximum atomic E-state index is 12.7. The molecule has 1 aromatic carbocycles. The van der Waals surface area contributed by atoms with Gasteiger partial charge in [-0.1, -0.05) is 29.7 Å². The van der Waals surface area contributed by atoms with Crippen LogP contribution in [0.3, 0.4) is 0 Å². The Hall–Kier alpha value is -1.89. The van der Waals surface area contributed by atoms with Gasteiger partial charge in [-0.25, -0.2) is 9.78 Å². The van der Waals surface area contributed by atoms with Crippen LogP contribution in [-0.4, -0.2) is 52.5 Å². The fourth-order valence-electron chi connectivity index (χ4n) is 3.13. The molecule has 5 nitrogen and oxygen atoms in total. The molecule has 0 spiro atoms. The lowest BCUT2D eigenvalue weighted by molar-refractivity contribution is 0.0219. The summed E-state index contributed by atoms with van der Waals surface area (Å²) < 4.78 is 5.61. The van der Waals surface area contributed by atoms with Gasteiger partial charge in [-0.3, -0.25) is 4.90 Å². The minimum Gasteiger partial charge on any atom is -0.444 e. The third-order valence-corrected chi connectivity index (χ3v) is 5.49. The summed E-state index contributed by atoms with van der Waals surface area (Å²) >= 11 is 1.78. The molecule has 2 aromatic rings. The van der Waals surface area contributed by atoms with Crippen molar-refractivity contribution in [1.82, 2.24) is 14.9 Å². The van der Waals surface area contributed by atoms with Crippen LogP contribution in [0, 0.1) is 0 Å². The number of H-pyrrole nitrogens is 1. The Morgan fingerprint density at radius 3 is 2.65 bits per heavy atom. The number of aromatic amines is 1. The second-order valence-corrected chi connectivity index (χ2v) is 8.92. The highest BCUT2D eigenvalue weighted by molar-refractivity contribution is 7.99. The SMILES string of the molecule is Bc1ccc(-c2c[nH]c(C3C[C@H](SC)CN3C(=O)OC(C)(C)C)n2)cc1. The summed E-state index contributed by atoms with van der Waals surface area (Å²) in [5, 5.41) is 0.389. The fraction of sp³-hybridized carbons (Fsp3) is 0.474. The van der Waals surface area contributed by atoms with E-state index in [1.165, 1.54) is 5.46 Å². The molecule has 1 N–H and O–H groups in total. The summed E-state index contributed by atoms with van der Waals surface area (Å²) in [7, 11) is 2.07. The Morgan fingerprint density at radius 1 is 1.35 bits per heavy atom. The number of likely N-dealkylation sites (tertiary alicyclic amines) is 1. The van der Waals surface area contributed by atoms with Gasteiger partial charge >= 0.3 is 6.09 Å². The van der Waals surface area contributed by atoms with Gasteiger partial charge in [0.25, 0.3) is 0 Å². The first-order valence-electron chi connectivity index (χ1n) is 8.91. The molecule has 1 saturated heterocycles. The number of hydrogen-bond acceptors (Lipinski definition) is 4. The Morgan fingerprint density at radius 2 is 2.04 bits per heavy atom. The first-order chi connectivity index (χ1) is 12.3. The minimum absolute atomic E-state index is 0.0819. The number of amides is 1. The van der Waals surface area contributed by atoms with Crippen molar-refractivity contribution in [2.75, 3.05) is 12.8 Å². The third kappa shape index (κ3) is 4.26. The van der Waals surface area contributed by atoms with Crippen LogP contribution in [0.25, 0.3) is 11.3 Å². The van der Waals surface area contributed by atoms with Crippen LogP contribution in [-0.2, 0) is 4.74 Å². The number of aromatic nitrogens is 2. The van der Waals surface area contributed by atoms with E-state index in [1.807, 2.05) is 31.9 Å². The standard InChI is InChI=1S/C19H26BN3O2S/c1-19(2,3)25-18(24)23-11-14(26-4)9-16(23)17-21-10-15(22-17)12-5-7-13(20)8-6-12/h5-8,10,14,16H,9,11,20H2,1-4H3,(H,21,22)/t14-,16?/m0/s1. The Balaban J connectivity index is 1.83. The van der Waals surface area contributed by atoms with Crippen molar-refractivity contribution in [3.8, 4) is 11.3 Å². The van der Waals surface area contributed by atoms with Gasteiger partial charge < -0.3 is 9.72 Å². The number of nitrogens with one attached hydrogen (secondary N) is 1. The predicted molar refractivity (Wildman–Crippen MR) is 110 cm³/mol. The summed E-state index contributed by atoms with van der Waals surface area (Å²) in [6.45, 7) is 6.36. The van der Waals surface area contributed by atoms with Crippen molar-refractivity contribution < 1.29 is 9.53 Å². The number of thioether (sulfide) groups is 1. The highest BCUT2D eigenvalue weighted by atomic mass is 32.2. The molecule has 1 aromatic heterocycles. The van der Waals surface area contributed by atoms with Crippen molar-refractivity contribution >= 4 is 31.2 Å². The van der Waals surface area contributed by atoms with Crippen LogP contribution in [0.4, 0.5) is 4.79 Å². The molecule has 26 heavy (non-hydrogen) atoms. The molecule has 1 fully saturated rings. The zero-order valence-electron chi connectivity index (χ0n) is 16.1. The predicted octanol–water partition coefficient (Wildman–Crippen LogP) is 2.75. The molecule has 1 unspecified atom stereocenters. The van der Waals surface area contributed by atoms with E-state index in [4.69, 9.17) is 9.72 Å². The van der Waals surface area contributed by atoms with Crippen LogP contribution in [0.2, 0.25) is 0 Å². The van der Waals surface area contributed by atoms with E-state index in [2.05, 4.69) is 43.4 Å². The van der Waals surface area contributed by atoms with Gasteiger partial charge in [0.2, 0.25) is 0 Å². The van der Waals surface area contributed by atoms with Gasteiger partial charge in [-0.2, -0.15) is 11.8 Å². The summed E-state index contributed by atoms with van der Waals surface area (Å²) in [6.07, 6.45) is 4.61. The molecule has 0 aliphatic carbocycles. The molecule has 1 aliphatic rings. The molecular formula is C19H26BN3O2S. The van der Waals surface area contributed by atoms with Gasteiger partial charge in [0.05, 0.1) is 11.7 Å². The maximum Gasteiger partial charge on any atom is 0.410 e. The molecule has 0 bridgehead atoms. The number of ether oxygens (including phenoxy) is 1. The minimum atomic E-state index is -0.505. The summed E-state index contributed by atoms with van der Waals surface area (Å²) in [6, 6.07) is 8.22. The van der Waals surface area contributed by atoms with E-state index in [-0.39, 0.29) is 12.1 Å². The van der Waals surface area contributed by atoms with Gasteiger partial charge in [-0.15, -0.1) is 0 Å². The number of imidazole rings is 1. The van der Waals surface area contributed by atoms with Gasteiger partial charge in [0.15, 0.2) is 0 Å². The lowest BCUT2D eigenvalue weighted by atomic mass is 9.95. The number of carbonyl (C=O) groups excluding carboxylic acids is 1.